The SMILES string of the molecule is COCCN(C(C)C1CC1)S(=O)(=O)c1ccc(CO)s1. The van der Waals surface area contributed by atoms with Crippen LogP contribution in [0.5, 0.6) is 0 Å². The molecule has 0 bridgehead atoms. The van der Waals surface area contributed by atoms with Crippen LogP contribution in [0.1, 0.15) is 24.6 Å². The first-order valence-corrected chi connectivity index (χ1v) is 8.96. The Kier molecular flexibility index (Phi) is 5.19. The van der Waals surface area contributed by atoms with Crippen LogP contribution in [0.2, 0.25) is 0 Å². The summed E-state index contributed by atoms with van der Waals surface area (Å²) in [6.07, 6.45) is 2.18. The quantitative estimate of drug-likeness (QED) is 0.791. The maximum Gasteiger partial charge on any atom is 0.252 e. The van der Waals surface area contributed by atoms with Gasteiger partial charge < -0.3 is 9.84 Å². The van der Waals surface area contributed by atoms with E-state index in [-0.39, 0.29) is 12.6 Å². The fraction of sp³-hybridized carbons (Fsp3) is 0.692. The van der Waals surface area contributed by atoms with E-state index in [2.05, 4.69) is 0 Å². The first-order chi connectivity index (χ1) is 9.50. The number of rotatable bonds is 8. The third-order valence-corrected chi connectivity index (χ3v) is 7.15. The average Bonchev–Trinajstić information content (AvgIpc) is 3.15. The molecule has 0 radical (unpaired) electrons. The lowest BCUT2D eigenvalue weighted by atomic mass is 10.2. The molecule has 1 fully saturated rings. The molecule has 0 aliphatic heterocycles. The second-order valence-electron chi connectivity index (χ2n) is 5.07. The van der Waals surface area contributed by atoms with E-state index in [0.29, 0.717) is 28.2 Å². The molecule has 0 saturated heterocycles. The van der Waals surface area contributed by atoms with Crippen LogP contribution in [0.15, 0.2) is 16.3 Å². The summed E-state index contributed by atoms with van der Waals surface area (Å²) in [5, 5.41) is 9.09. The Bertz CT molecular complexity index is 536. The summed E-state index contributed by atoms with van der Waals surface area (Å²) in [5.74, 6) is 0.457. The van der Waals surface area contributed by atoms with E-state index in [1.807, 2.05) is 6.92 Å². The Hall–Kier alpha value is -0.470. The Morgan fingerprint density at radius 1 is 1.50 bits per heavy atom. The number of methoxy groups -OCH3 is 1. The van der Waals surface area contributed by atoms with Crippen molar-refractivity contribution in [1.29, 1.82) is 0 Å². The highest BCUT2D eigenvalue weighted by Crippen LogP contribution is 2.37. The van der Waals surface area contributed by atoms with Crippen molar-refractivity contribution in [1.82, 2.24) is 4.31 Å². The van der Waals surface area contributed by atoms with Gasteiger partial charge in [-0.15, -0.1) is 11.3 Å². The Labute approximate surface area is 124 Å². The van der Waals surface area contributed by atoms with Crippen LogP contribution in [0.4, 0.5) is 0 Å². The van der Waals surface area contributed by atoms with Crippen LogP contribution in [0, 0.1) is 5.92 Å². The molecule has 20 heavy (non-hydrogen) atoms. The van der Waals surface area contributed by atoms with E-state index in [1.54, 1.807) is 23.5 Å². The minimum Gasteiger partial charge on any atom is -0.391 e. The smallest absolute Gasteiger partial charge is 0.252 e. The molecule has 1 unspecified atom stereocenters. The highest BCUT2D eigenvalue weighted by molar-refractivity contribution is 7.91. The van der Waals surface area contributed by atoms with Crippen LogP contribution in [-0.2, 0) is 21.4 Å². The monoisotopic (exact) mass is 319 g/mol. The first-order valence-electron chi connectivity index (χ1n) is 6.71. The number of ether oxygens (including phenoxy) is 1. The fourth-order valence-electron chi connectivity index (χ4n) is 2.24. The lowest BCUT2D eigenvalue weighted by Crippen LogP contribution is -2.41. The molecule has 114 valence electrons. The minimum atomic E-state index is -3.51. The third-order valence-electron chi connectivity index (χ3n) is 3.63. The van der Waals surface area contributed by atoms with Crippen LogP contribution < -0.4 is 0 Å². The zero-order chi connectivity index (χ0) is 14.8. The molecule has 7 heteroatoms. The molecule has 1 atom stereocenters. The number of aliphatic hydroxyl groups excluding tert-OH is 1. The van der Waals surface area contributed by atoms with Crippen LogP contribution >= 0.6 is 11.3 Å². The molecule has 1 aliphatic rings. The molecule has 1 N–H and O–H groups in total. The Morgan fingerprint density at radius 2 is 2.20 bits per heavy atom. The molecule has 1 aromatic heterocycles. The number of thiophene rings is 1. The van der Waals surface area contributed by atoms with Gasteiger partial charge in [0, 0.05) is 24.6 Å². The van der Waals surface area contributed by atoms with Crippen molar-refractivity contribution in [3.05, 3.63) is 17.0 Å². The van der Waals surface area contributed by atoms with E-state index in [1.165, 1.54) is 0 Å². The fourth-order valence-corrected chi connectivity index (χ4v) is 5.26. The Morgan fingerprint density at radius 3 is 2.70 bits per heavy atom. The van der Waals surface area contributed by atoms with E-state index >= 15 is 0 Å². The molecule has 1 aromatic rings. The van der Waals surface area contributed by atoms with Gasteiger partial charge in [0.05, 0.1) is 13.2 Å². The summed E-state index contributed by atoms with van der Waals surface area (Å²) in [4.78, 5) is 0.661. The predicted octanol–water partition coefficient (Wildman–Crippen LogP) is 1.68. The normalized spacial score (nSPS) is 17.6. The first kappa shape index (κ1) is 15.9. The number of nitrogens with zero attached hydrogens (tertiary/aromatic N) is 1. The molecule has 0 amide bonds. The van der Waals surface area contributed by atoms with E-state index < -0.39 is 10.0 Å². The largest absolute Gasteiger partial charge is 0.391 e. The van der Waals surface area contributed by atoms with Gasteiger partial charge in [-0.25, -0.2) is 8.42 Å². The molecule has 2 rings (SSSR count). The summed E-state index contributed by atoms with van der Waals surface area (Å²) in [5.41, 5.74) is 0. The van der Waals surface area contributed by atoms with Crippen molar-refractivity contribution in [2.24, 2.45) is 5.92 Å². The zero-order valence-corrected chi connectivity index (χ0v) is 13.4. The topological polar surface area (TPSA) is 66.8 Å². The van der Waals surface area contributed by atoms with Gasteiger partial charge in [0.2, 0.25) is 0 Å². The number of hydrogen-bond donors (Lipinski definition) is 1. The number of sulfonamides is 1. The second kappa shape index (κ2) is 6.53. The minimum absolute atomic E-state index is 0.00479. The molecule has 1 saturated carbocycles. The van der Waals surface area contributed by atoms with E-state index in [9.17, 15) is 8.42 Å². The van der Waals surface area contributed by atoms with Gasteiger partial charge in [0.15, 0.2) is 0 Å². The van der Waals surface area contributed by atoms with Crippen molar-refractivity contribution >= 4 is 21.4 Å². The summed E-state index contributed by atoms with van der Waals surface area (Å²) in [7, 11) is -1.94. The number of aliphatic hydroxyl groups is 1. The maximum atomic E-state index is 12.7. The lowest BCUT2D eigenvalue weighted by molar-refractivity contribution is 0.164. The molecular weight excluding hydrogens is 298 g/mol. The summed E-state index contributed by atoms with van der Waals surface area (Å²) in [6.45, 7) is 2.58. The van der Waals surface area contributed by atoms with Crippen molar-refractivity contribution in [2.45, 2.75) is 36.6 Å². The molecule has 0 spiro atoms. The van der Waals surface area contributed by atoms with E-state index in [0.717, 1.165) is 24.2 Å². The highest BCUT2D eigenvalue weighted by Gasteiger charge is 2.38. The lowest BCUT2D eigenvalue weighted by Gasteiger charge is -2.27. The van der Waals surface area contributed by atoms with Gasteiger partial charge in [-0.3, -0.25) is 0 Å². The molecule has 1 aliphatic carbocycles. The molecule has 0 aromatic carbocycles. The van der Waals surface area contributed by atoms with Crippen molar-refractivity contribution in [2.75, 3.05) is 20.3 Å². The molecule has 1 heterocycles. The Balaban J connectivity index is 2.24. The second-order valence-corrected chi connectivity index (χ2v) is 8.35. The third kappa shape index (κ3) is 3.40. The van der Waals surface area contributed by atoms with Gasteiger partial charge in [-0.05, 0) is 37.8 Å². The maximum absolute atomic E-state index is 12.7. The molecule has 5 nitrogen and oxygen atoms in total. The van der Waals surface area contributed by atoms with E-state index in [4.69, 9.17) is 9.84 Å². The predicted molar refractivity (Wildman–Crippen MR) is 78.2 cm³/mol. The summed E-state index contributed by atoms with van der Waals surface area (Å²) >= 11 is 1.13. The zero-order valence-electron chi connectivity index (χ0n) is 11.8. The van der Waals surface area contributed by atoms with Crippen LogP contribution in [0.25, 0.3) is 0 Å². The summed E-state index contributed by atoms with van der Waals surface area (Å²) in [6, 6.07) is 3.23. The van der Waals surface area contributed by atoms with Crippen molar-refractivity contribution in [3.63, 3.8) is 0 Å². The van der Waals surface area contributed by atoms with Crippen molar-refractivity contribution < 1.29 is 18.3 Å². The average molecular weight is 319 g/mol. The van der Waals surface area contributed by atoms with Crippen LogP contribution in [0.3, 0.4) is 0 Å². The van der Waals surface area contributed by atoms with Crippen LogP contribution in [-0.4, -0.2) is 44.1 Å². The van der Waals surface area contributed by atoms with Gasteiger partial charge in [0.25, 0.3) is 10.0 Å². The van der Waals surface area contributed by atoms with Gasteiger partial charge >= 0.3 is 0 Å². The van der Waals surface area contributed by atoms with Crippen molar-refractivity contribution in [3.8, 4) is 0 Å². The number of hydrogen-bond acceptors (Lipinski definition) is 5. The van der Waals surface area contributed by atoms with Gasteiger partial charge in [0.1, 0.15) is 4.21 Å². The van der Waals surface area contributed by atoms with Gasteiger partial charge in [-0.1, -0.05) is 0 Å². The molecular formula is C13H21NO4S2. The summed E-state index contributed by atoms with van der Waals surface area (Å²) < 4.78 is 32.4. The standard InChI is InChI=1S/C13H21NO4S2/c1-10(11-3-4-11)14(7-8-18-2)20(16,17)13-6-5-12(9-15)19-13/h5-6,10-11,15H,3-4,7-9H2,1-2H3. The van der Waals surface area contributed by atoms with Gasteiger partial charge in [-0.2, -0.15) is 4.31 Å². The highest BCUT2D eigenvalue weighted by atomic mass is 32.2.